The molecule has 2 rings (SSSR count). The number of methoxy groups -OCH3 is 1. The number of para-hydroxylation sites is 1. The van der Waals surface area contributed by atoms with Gasteiger partial charge in [-0.2, -0.15) is 0 Å². The summed E-state index contributed by atoms with van der Waals surface area (Å²) >= 11 is 5.89. The Morgan fingerprint density at radius 2 is 1.91 bits per heavy atom. The van der Waals surface area contributed by atoms with Crippen molar-refractivity contribution in [2.75, 3.05) is 12.4 Å². The lowest BCUT2D eigenvalue weighted by Gasteiger charge is -2.10. The van der Waals surface area contributed by atoms with E-state index < -0.39 is 17.7 Å². The molecule has 0 saturated carbocycles. The van der Waals surface area contributed by atoms with Crippen molar-refractivity contribution in [1.29, 1.82) is 0 Å². The molecular weight excluding hydrogens is 309 g/mol. The van der Waals surface area contributed by atoms with E-state index in [0.717, 1.165) is 0 Å². The van der Waals surface area contributed by atoms with Crippen LogP contribution < -0.4 is 5.32 Å². The molecule has 2 aromatic carbocycles. The second-order valence-electron chi connectivity index (χ2n) is 4.46. The zero-order valence-corrected chi connectivity index (χ0v) is 12.5. The zero-order chi connectivity index (χ0) is 16.1. The Morgan fingerprint density at radius 3 is 2.59 bits per heavy atom. The molecule has 114 valence electrons. The van der Waals surface area contributed by atoms with Gasteiger partial charge in [0.25, 0.3) is 0 Å². The molecule has 0 atom stereocenters. The first-order valence-electron chi connectivity index (χ1n) is 6.43. The number of amides is 1. The van der Waals surface area contributed by atoms with Crippen LogP contribution in [0.1, 0.15) is 15.9 Å². The largest absolute Gasteiger partial charge is 0.465 e. The van der Waals surface area contributed by atoms with Crippen LogP contribution in [0.2, 0.25) is 5.02 Å². The van der Waals surface area contributed by atoms with Crippen LogP contribution in [-0.4, -0.2) is 19.0 Å². The van der Waals surface area contributed by atoms with Gasteiger partial charge in [-0.15, -0.1) is 0 Å². The predicted octanol–water partition coefficient (Wildman–Crippen LogP) is 3.45. The molecule has 2 aromatic rings. The van der Waals surface area contributed by atoms with Crippen molar-refractivity contribution >= 4 is 29.2 Å². The Balaban J connectivity index is 2.18. The Kier molecular flexibility index (Phi) is 5.12. The Hall–Kier alpha value is -2.40. The first kappa shape index (κ1) is 16.0. The predicted molar refractivity (Wildman–Crippen MR) is 81.5 cm³/mol. The zero-order valence-electron chi connectivity index (χ0n) is 11.7. The van der Waals surface area contributed by atoms with Crippen LogP contribution in [0, 0.1) is 5.82 Å². The number of carbonyl (C=O) groups is 2. The van der Waals surface area contributed by atoms with Crippen molar-refractivity contribution in [3.8, 4) is 0 Å². The molecule has 0 saturated heterocycles. The van der Waals surface area contributed by atoms with Crippen LogP contribution in [0.3, 0.4) is 0 Å². The molecule has 0 radical (unpaired) electrons. The maximum absolute atomic E-state index is 13.7. The van der Waals surface area contributed by atoms with Crippen LogP contribution in [-0.2, 0) is 16.0 Å². The van der Waals surface area contributed by atoms with Gasteiger partial charge in [0, 0.05) is 10.6 Å². The van der Waals surface area contributed by atoms with Gasteiger partial charge >= 0.3 is 5.97 Å². The van der Waals surface area contributed by atoms with Gasteiger partial charge in [-0.3, -0.25) is 4.79 Å². The van der Waals surface area contributed by atoms with E-state index in [9.17, 15) is 14.0 Å². The fraction of sp³-hybridized carbons (Fsp3) is 0.125. The van der Waals surface area contributed by atoms with E-state index in [-0.39, 0.29) is 22.6 Å². The van der Waals surface area contributed by atoms with Crippen molar-refractivity contribution in [2.24, 2.45) is 0 Å². The van der Waals surface area contributed by atoms with E-state index in [4.69, 9.17) is 11.6 Å². The van der Waals surface area contributed by atoms with E-state index in [2.05, 4.69) is 10.1 Å². The lowest BCUT2D eigenvalue weighted by Crippen LogP contribution is -2.18. The van der Waals surface area contributed by atoms with Gasteiger partial charge in [0.1, 0.15) is 5.82 Å². The minimum atomic E-state index is -0.570. The summed E-state index contributed by atoms with van der Waals surface area (Å²) in [6, 6.07) is 10.6. The Labute approximate surface area is 131 Å². The number of halogens is 2. The summed E-state index contributed by atoms with van der Waals surface area (Å²) < 4.78 is 18.3. The van der Waals surface area contributed by atoms with E-state index in [1.165, 1.54) is 31.4 Å². The first-order chi connectivity index (χ1) is 10.5. The molecule has 0 spiro atoms. The quantitative estimate of drug-likeness (QED) is 0.878. The van der Waals surface area contributed by atoms with Crippen molar-refractivity contribution in [3.05, 3.63) is 64.4 Å². The molecule has 0 bridgehead atoms. The number of rotatable bonds is 4. The molecule has 4 nitrogen and oxygen atoms in total. The number of nitrogens with one attached hydrogen (secondary N) is 1. The molecule has 0 aromatic heterocycles. The van der Waals surface area contributed by atoms with Crippen LogP contribution in [0.5, 0.6) is 0 Å². The van der Waals surface area contributed by atoms with Crippen LogP contribution in [0.4, 0.5) is 10.1 Å². The van der Waals surface area contributed by atoms with Crippen LogP contribution >= 0.6 is 11.6 Å². The Bertz CT molecular complexity index is 698. The average Bonchev–Trinajstić information content (AvgIpc) is 2.51. The fourth-order valence-electron chi connectivity index (χ4n) is 1.94. The smallest absolute Gasteiger partial charge is 0.339 e. The van der Waals surface area contributed by atoms with Crippen molar-refractivity contribution < 1.29 is 18.7 Å². The summed E-state index contributed by atoms with van der Waals surface area (Å²) in [5, 5.41) is 2.74. The number of hydrogen-bond donors (Lipinski definition) is 1. The SMILES string of the molecule is COC(=O)c1ccccc1NC(=O)Cc1c(F)cccc1Cl. The minimum absolute atomic E-state index is 0.109. The molecule has 1 N–H and O–H groups in total. The summed E-state index contributed by atoms with van der Waals surface area (Å²) in [7, 11) is 1.25. The molecule has 0 aliphatic carbocycles. The molecular formula is C16H13ClFNO3. The first-order valence-corrected chi connectivity index (χ1v) is 6.81. The van der Waals surface area contributed by atoms with E-state index >= 15 is 0 Å². The minimum Gasteiger partial charge on any atom is -0.465 e. The molecule has 6 heteroatoms. The maximum atomic E-state index is 13.7. The third kappa shape index (κ3) is 3.62. The van der Waals surface area contributed by atoms with Crippen molar-refractivity contribution in [1.82, 2.24) is 0 Å². The highest BCUT2D eigenvalue weighted by molar-refractivity contribution is 6.31. The molecule has 0 aliphatic rings. The summed E-state index contributed by atoms with van der Waals surface area (Å²) in [4.78, 5) is 23.7. The highest BCUT2D eigenvalue weighted by Gasteiger charge is 2.16. The summed E-state index contributed by atoms with van der Waals surface area (Å²) in [6.45, 7) is 0. The van der Waals surface area contributed by atoms with Crippen molar-refractivity contribution in [3.63, 3.8) is 0 Å². The van der Waals surface area contributed by atoms with Gasteiger partial charge in [0.05, 0.1) is 24.8 Å². The monoisotopic (exact) mass is 321 g/mol. The summed E-state index contributed by atoms with van der Waals surface area (Å²) in [6.07, 6.45) is -0.235. The van der Waals surface area contributed by atoms with Gasteiger partial charge < -0.3 is 10.1 Å². The molecule has 0 unspecified atom stereocenters. The normalized spacial score (nSPS) is 10.1. The van der Waals surface area contributed by atoms with E-state index in [1.807, 2.05) is 0 Å². The van der Waals surface area contributed by atoms with Gasteiger partial charge in [-0.1, -0.05) is 29.8 Å². The van der Waals surface area contributed by atoms with Crippen molar-refractivity contribution in [2.45, 2.75) is 6.42 Å². The number of carbonyl (C=O) groups excluding carboxylic acids is 2. The number of benzene rings is 2. The second kappa shape index (κ2) is 7.04. The second-order valence-corrected chi connectivity index (χ2v) is 4.87. The summed E-state index contributed by atoms with van der Waals surface area (Å²) in [5.41, 5.74) is 0.627. The van der Waals surface area contributed by atoms with Gasteiger partial charge in [0.2, 0.25) is 5.91 Å². The number of ether oxygens (including phenoxy) is 1. The fourth-order valence-corrected chi connectivity index (χ4v) is 2.17. The average molecular weight is 322 g/mol. The van der Waals surface area contributed by atoms with E-state index in [0.29, 0.717) is 5.69 Å². The molecule has 1 amide bonds. The summed E-state index contributed by atoms with van der Waals surface area (Å²) in [5.74, 6) is -1.60. The van der Waals surface area contributed by atoms with Crippen LogP contribution in [0.15, 0.2) is 42.5 Å². The third-order valence-electron chi connectivity index (χ3n) is 3.01. The highest BCUT2D eigenvalue weighted by Crippen LogP contribution is 2.21. The highest BCUT2D eigenvalue weighted by atomic mass is 35.5. The number of hydrogen-bond acceptors (Lipinski definition) is 3. The maximum Gasteiger partial charge on any atom is 0.339 e. The standard InChI is InChI=1S/C16H13ClFNO3/c1-22-16(21)10-5-2-3-8-14(10)19-15(20)9-11-12(17)6-4-7-13(11)18/h2-8H,9H2,1H3,(H,19,20). The topological polar surface area (TPSA) is 55.4 Å². The molecule has 0 aliphatic heterocycles. The number of esters is 1. The molecule has 0 heterocycles. The molecule has 22 heavy (non-hydrogen) atoms. The Morgan fingerprint density at radius 1 is 1.18 bits per heavy atom. The van der Waals surface area contributed by atoms with Gasteiger partial charge in [-0.25, -0.2) is 9.18 Å². The lowest BCUT2D eigenvalue weighted by atomic mass is 10.1. The lowest BCUT2D eigenvalue weighted by molar-refractivity contribution is -0.115. The number of anilines is 1. The van der Waals surface area contributed by atoms with Crippen LogP contribution in [0.25, 0.3) is 0 Å². The van der Waals surface area contributed by atoms with Gasteiger partial charge in [-0.05, 0) is 24.3 Å². The van der Waals surface area contributed by atoms with Gasteiger partial charge in [0.15, 0.2) is 0 Å². The van der Waals surface area contributed by atoms with E-state index in [1.54, 1.807) is 18.2 Å². The third-order valence-corrected chi connectivity index (χ3v) is 3.36. The molecule has 0 fully saturated rings.